The van der Waals surface area contributed by atoms with Crippen LogP contribution in [0.15, 0.2) is 0 Å². The molecule has 8 heavy (non-hydrogen) atoms. The van der Waals surface area contributed by atoms with E-state index in [1.54, 1.807) is 0 Å². The molecule has 0 saturated carbocycles. The van der Waals surface area contributed by atoms with Crippen molar-refractivity contribution in [3.8, 4) is 0 Å². The van der Waals surface area contributed by atoms with Crippen LogP contribution in [0.2, 0.25) is 0 Å². The Morgan fingerprint density at radius 3 is 2.12 bits per heavy atom. The van der Waals surface area contributed by atoms with Crippen molar-refractivity contribution in [2.75, 3.05) is 13.6 Å². The Balaban J connectivity index is 3.17. The molecule has 0 aliphatic carbocycles. The first-order valence-corrected chi connectivity index (χ1v) is 3.01. The highest BCUT2D eigenvalue weighted by Crippen LogP contribution is 1.97. The Kier molecular flexibility index (Phi) is 3.83. The van der Waals surface area contributed by atoms with E-state index >= 15 is 0 Å². The van der Waals surface area contributed by atoms with Gasteiger partial charge in [-0.1, -0.05) is 6.92 Å². The zero-order chi connectivity index (χ0) is 6.57. The second kappa shape index (κ2) is 3.87. The van der Waals surface area contributed by atoms with Crippen molar-refractivity contribution in [1.82, 2.24) is 5.32 Å². The highest BCUT2D eigenvalue weighted by molar-refractivity contribution is 4.59. The van der Waals surface area contributed by atoms with Gasteiger partial charge in [0.15, 0.2) is 0 Å². The first-order chi connectivity index (χ1) is 3.68. The summed E-state index contributed by atoms with van der Waals surface area (Å²) in [4.78, 5) is 0. The predicted octanol–water partition coefficient (Wildman–Crippen LogP) is 0.223. The molecule has 50 valence electrons. The fourth-order valence-corrected chi connectivity index (χ4v) is 0.493. The van der Waals surface area contributed by atoms with E-state index in [2.05, 4.69) is 5.32 Å². The Morgan fingerprint density at radius 2 is 2.00 bits per heavy atom. The summed E-state index contributed by atoms with van der Waals surface area (Å²) in [5.74, 6) is 0.361. The van der Waals surface area contributed by atoms with Gasteiger partial charge in [0, 0.05) is 0 Å². The van der Waals surface area contributed by atoms with Gasteiger partial charge in [-0.15, -0.1) is 0 Å². The van der Waals surface area contributed by atoms with E-state index in [0.29, 0.717) is 5.92 Å². The average Bonchev–Trinajstić information content (AvgIpc) is 1.67. The molecule has 0 bridgehead atoms. The second-order valence-electron chi connectivity index (χ2n) is 2.28. The average molecular weight is 117 g/mol. The monoisotopic (exact) mass is 117 g/mol. The van der Waals surface area contributed by atoms with Crippen LogP contribution in [0.5, 0.6) is 0 Å². The lowest BCUT2D eigenvalue weighted by Gasteiger charge is -2.12. The number of rotatable bonds is 3. The molecule has 2 nitrogen and oxygen atoms in total. The highest BCUT2D eigenvalue weighted by atomic mass is 16.3. The summed E-state index contributed by atoms with van der Waals surface area (Å²) in [6.07, 6.45) is -0.192. The maximum Gasteiger partial charge on any atom is 0.0549 e. The summed E-state index contributed by atoms with van der Waals surface area (Å²) in [6, 6.07) is 0. The molecule has 0 aliphatic rings. The number of aliphatic hydroxyl groups is 1. The van der Waals surface area contributed by atoms with E-state index < -0.39 is 0 Å². The van der Waals surface area contributed by atoms with Crippen molar-refractivity contribution in [1.29, 1.82) is 0 Å². The summed E-state index contributed by atoms with van der Waals surface area (Å²) in [5, 5.41) is 11.9. The third-order valence-corrected chi connectivity index (χ3v) is 1.35. The first-order valence-electron chi connectivity index (χ1n) is 3.01. The van der Waals surface area contributed by atoms with Crippen LogP contribution in [-0.4, -0.2) is 24.8 Å². The van der Waals surface area contributed by atoms with Gasteiger partial charge >= 0.3 is 0 Å². The number of nitrogens with one attached hydrogen (secondary N) is 1. The van der Waals surface area contributed by atoms with Crippen LogP contribution < -0.4 is 5.32 Å². The van der Waals surface area contributed by atoms with Crippen molar-refractivity contribution in [2.45, 2.75) is 20.0 Å². The molecule has 0 spiro atoms. The second-order valence-corrected chi connectivity index (χ2v) is 2.28. The van der Waals surface area contributed by atoms with Crippen LogP contribution >= 0.6 is 0 Å². The molecule has 0 heterocycles. The normalized spacial score (nSPS) is 18.0. The van der Waals surface area contributed by atoms with Gasteiger partial charge in [-0.25, -0.2) is 0 Å². The largest absolute Gasteiger partial charge is 0.393 e. The Labute approximate surface area is 50.9 Å². The quantitative estimate of drug-likeness (QED) is 0.554. The molecule has 0 aromatic rings. The van der Waals surface area contributed by atoms with Gasteiger partial charge in [0.1, 0.15) is 0 Å². The molecular formula is C6H15NO. The molecule has 2 unspecified atom stereocenters. The van der Waals surface area contributed by atoms with Gasteiger partial charge in [-0.3, -0.25) is 0 Å². The molecule has 2 atom stereocenters. The zero-order valence-electron chi connectivity index (χ0n) is 5.81. The topological polar surface area (TPSA) is 32.3 Å². The van der Waals surface area contributed by atoms with Crippen molar-refractivity contribution >= 4 is 0 Å². The maximum atomic E-state index is 8.91. The molecule has 2 N–H and O–H groups in total. The molecule has 0 fully saturated rings. The molecule has 0 aliphatic heterocycles. The number of aliphatic hydroxyl groups excluding tert-OH is 1. The van der Waals surface area contributed by atoms with Crippen LogP contribution in [0, 0.1) is 5.92 Å². The molecule has 0 amide bonds. The third-order valence-electron chi connectivity index (χ3n) is 1.35. The summed E-state index contributed by atoms with van der Waals surface area (Å²) in [6.45, 7) is 4.71. The van der Waals surface area contributed by atoms with Crippen molar-refractivity contribution < 1.29 is 5.11 Å². The number of hydrogen-bond acceptors (Lipinski definition) is 2. The first kappa shape index (κ1) is 7.92. The smallest absolute Gasteiger partial charge is 0.0549 e. The highest BCUT2D eigenvalue weighted by Gasteiger charge is 2.05. The zero-order valence-corrected chi connectivity index (χ0v) is 5.81. The summed E-state index contributed by atoms with van der Waals surface area (Å²) >= 11 is 0. The summed E-state index contributed by atoms with van der Waals surface area (Å²) in [5.41, 5.74) is 0. The van der Waals surface area contributed by atoms with Crippen LogP contribution in [0.3, 0.4) is 0 Å². The standard InChI is InChI=1S/C6H15NO/c1-5(4-7-3)6(2)8/h5-8H,4H2,1-3H3. The van der Waals surface area contributed by atoms with Crippen LogP contribution in [0.4, 0.5) is 0 Å². The van der Waals surface area contributed by atoms with E-state index in [0.717, 1.165) is 6.54 Å². The van der Waals surface area contributed by atoms with Crippen LogP contribution in [0.25, 0.3) is 0 Å². The van der Waals surface area contributed by atoms with E-state index in [-0.39, 0.29) is 6.10 Å². The molecule has 0 aromatic carbocycles. The van der Waals surface area contributed by atoms with Gasteiger partial charge in [-0.05, 0) is 26.4 Å². The van der Waals surface area contributed by atoms with Gasteiger partial charge < -0.3 is 10.4 Å². The maximum absolute atomic E-state index is 8.91. The van der Waals surface area contributed by atoms with Crippen molar-refractivity contribution in [3.05, 3.63) is 0 Å². The van der Waals surface area contributed by atoms with Crippen molar-refractivity contribution in [2.24, 2.45) is 5.92 Å². The fourth-order valence-electron chi connectivity index (χ4n) is 0.493. The molecular weight excluding hydrogens is 102 g/mol. The fraction of sp³-hybridized carbons (Fsp3) is 1.00. The Hall–Kier alpha value is -0.0800. The molecule has 2 heteroatoms. The van der Waals surface area contributed by atoms with Crippen LogP contribution in [-0.2, 0) is 0 Å². The Bertz CT molecular complexity index is 54.5. The van der Waals surface area contributed by atoms with Gasteiger partial charge in [0.05, 0.1) is 6.10 Å². The van der Waals surface area contributed by atoms with E-state index in [4.69, 9.17) is 5.11 Å². The van der Waals surface area contributed by atoms with E-state index in [1.807, 2.05) is 20.9 Å². The van der Waals surface area contributed by atoms with E-state index in [1.165, 1.54) is 0 Å². The summed E-state index contributed by atoms with van der Waals surface area (Å²) in [7, 11) is 1.89. The third kappa shape index (κ3) is 2.99. The van der Waals surface area contributed by atoms with Gasteiger partial charge in [0.25, 0.3) is 0 Å². The summed E-state index contributed by atoms with van der Waals surface area (Å²) < 4.78 is 0. The molecule has 0 saturated heterocycles. The van der Waals surface area contributed by atoms with Gasteiger partial charge in [-0.2, -0.15) is 0 Å². The minimum atomic E-state index is -0.192. The lowest BCUT2D eigenvalue weighted by atomic mass is 10.1. The molecule has 0 aromatic heterocycles. The Morgan fingerprint density at radius 1 is 1.50 bits per heavy atom. The van der Waals surface area contributed by atoms with E-state index in [9.17, 15) is 0 Å². The minimum absolute atomic E-state index is 0.192. The minimum Gasteiger partial charge on any atom is -0.393 e. The van der Waals surface area contributed by atoms with Crippen LogP contribution in [0.1, 0.15) is 13.8 Å². The lowest BCUT2D eigenvalue weighted by Crippen LogP contribution is -2.24. The SMILES string of the molecule is CNCC(C)C(C)O. The lowest BCUT2D eigenvalue weighted by molar-refractivity contribution is 0.135. The predicted molar refractivity (Wildman–Crippen MR) is 34.8 cm³/mol. The molecule has 0 radical (unpaired) electrons. The van der Waals surface area contributed by atoms with Gasteiger partial charge in [0.2, 0.25) is 0 Å². The molecule has 0 rings (SSSR count). The number of hydrogen-bond donors (Lipinski definition) is 2. The van der Waals surface area contributed by atoms with Crippen molar-refractivity contribution in [3.63, 3.8) is 0 Å².